The van der Waals surface area contributed by atoms with Gasteiger partial charge in [0.25, 0.3) is 0 Å². The number of azide groups is 1. The van der Waals surface area contributed by atoms with Crippen molar-refractivity contribution < 1.29 is 66.5 Å². The number of esters is 4. The van der Waals surface area contributed by atoms with Crippen LogP contribution in [0, 0.1) is 0 Å². The molecule has 0 aliphatic carbocycles. The molecule has 0 amide bonds. The molecule has 0 bridgehead atoms. The minimum absolute atomic E-state index is 0.0277. The summed E-state index contributed by atoms with van der Waals surface area (Å²) in [4.78, 5) is 53.5. The van der Waals surface area contributed by atoms with Gasteiger partial charge in [-0.25, -0.2) is 4.79 Å². The van der Waals surface area contributed by atoms with Crippen LogP contribution in [0.2, 0.25) is 0 Å². The quantitative estimate of drug-likeness (QED) is 0.0607. The summed E-state index contributed by atoms with van der Waals surface area (Å²) in [5, 5.41) is 4.05. The Bertz CT molecular complexity index is 1810. The van der Waals surface area contributed by atoms with E-state index in [1.54, 1.807) is 24.3 Å². The van der Waals surface area contributed by atoms with Crippen LogP contribution in [0.3, 0.4) is 0 Å². The van der Waals surface area contributed by atoms with E-state index >= 15 is 0 Å². The van der Waals surface area contributed by atoms with Gasteiger partial charge in [0.15, 0.2) is 18.5 Å². The predicted molar refractivity (Wildman–Crippen MR) is 196 cm³/mol. The van der Waals surface area contributed by atoms with Crippen LogP contribution in [0.25, 0.3) is 10.4 Å². The van der Waals surface area contributed by atoms with Gasteiger partial charge in [-0.2, -0.15) is 0 Å². The van der Waals surface area contributed by atoms with Crippen molar-refractivity contribution in [2.24, 2.45) is 5.11 Å². The molecule has 0 N–H and O–H groups in total. The summed E-state index contributed by atoms with van der Waals surface area (Å²) in [6, 6.07) is 26.1. The van der Waals surface area contributed by atoms with Crippen molar-refractivity contribution >= 4 is 23.9 Å². The monoisotopic (exact) mass is 791 g/mol. The van der Waals surface area contributed by atoms with Crippen LogP contribution in [-0.2, 0) is 86.4 Å². The molecule has 17 heteroatoms. The van der Waals surface area contributed by atoms with Gasteiger partial charge in [0.2, 0.25) is 6.29 Å². The average molecular weight is 792 g/mol. The van der Waals surface area contributed by atoms with Gasteiger partial charge in [-0.1, -0.05) is 96.1 Å². The first-order chi connectivity index (χ1) is 27.6. The zero-order valence-corrected chi connectivity index (χ0v) is 31.8. The summed E-state index contributed by atoms with van der Waals surface area (Å²) in [6.45, 7) is 3.13. The summed E-state index contributed by atoms with van der Waals surface area (Å²) in [5.74, 6) is -3.19. The van der Waals surface area contributed by atoms with Crippen molar-refractivity contribution in [2.75, 3.05) is 13.7 Å². The number of ether oxygens (including phenoxy) is 10. The van der Waals surface area contributed by atoms with Crippen molar-refractivity contribution in [1.82, 2.24) is 0 Å². The van der Waals surface area contributed by atoms with Gasteiger partial charge in [0.05, 0.1) is 26.9 Å². The second kappa shape index (κ2) is 21.2. The lowest BCUT2D eigenvalue weighted by Gasteiger charge is -2.48. The van der Waals surface area contributed by atoms with Gasteiger partial charge in [-0.05, 0) is 22.2 Å². The minimum atomic E-state index is -1.69. The highest BCUT2D eigenvalue weighted by molar-refractivity contribution is 5.76. The smallest absolute Gasteiger partial charge is 0.338 e. The fraction of sp³-hybridized carbons (Fsp3) is 0.450. The van der Waals surface area contributed by atoms with Gasteiger partial charge in [-0.3, -0.25) is 14.4 Å². The molecular weight excluding hydrogens is 746 g/mol. The van der Waals surface area contributed by atoms with Crippen molar-refractivity contribution in [2.45, 2.75) is 102 Å². The Labute approximate surface area is 328 Å². The number of carbonyl (C=O) groups is 4. The van der Waals surface area contributed by atoms with E-state index in [4.69, 9.17) is 47.4 Å². The van der Waals surface area contributed by atoms with Gasteiger partial charge in [0, 0.05) is 25.7 Å². The molecule has 0 saturated carbocycles. The fourth-order valence-corrected chi connectivity index (χ4v) is 6.40. The van der Waals surface area contributed by atoms with E-state index in [-0.39, 0.29) is 26.4 Å². The molecule has 3 aromatic carbocycles. The Morgan fingerprint density at radius 2 is 1.14 bits per heavy atom. The highest BCUT2D eigenvalue weighted by Crippen LogP contribution is 2.36. The first-order valence-corrected chi connectivity index (χ1v) is 18.1. The van der Waals surface area contributed by atoms with Crippen LogP contribution in [0.4, 0.5) is 0 Å². The first kappa shape index (κ1) is 42.7. The van der Waals surface area contributed by atoms with E-state index in [9.17, 15) is 24.7 Å². The third kappa shape index (κ3) is 12.1. The zero-order chi connectivity index (χ0) is 40.7. The molecule has 2 aliphatic heterocycles. The number of hydrogen-bond donors (Lipinski definition) is 0. The van der Waals surface area contributed by atoms with Gasteiger partial charge >= 0.3 is 23.9 Å². The molecule has 2 saturated heterocycles. The van der Waals surface area contributed by atoms with Crippen molar-refractivity contribution in [3.05, 3.63) is 118 Å². The number of methoxy groups -OCH3 is 1. The number of hydrogen-bond acceptors (Lipinski definition) is 15. The molecule has 304 valence electrons. The molecule has 0 unspecified atom stereocenters. The maximum atomic E-state index is 13.5. The topological polar surface area (TPSA) is 209 Å². The zero-order valence-electron chi connectivity index (χ0n) is 31.8. The lowest BCUT2D eigenvalue weighted by atomic mass is 9.95. The molecule has 17 nitrogen and oxygen atoms in total. The van der Waals surface area contributed by atoms with Crippen LogP contribution in [0.1, 0.15) is 37.5 Å². The predicted octanol–water partition coefficient (Wildman–Crippen LogP) is 4.49. The van der Waals surface area contributed by atoms with Crippen LogP contribution in [0.5, 0.6) is 0 Å². The molecular formula is C40H45N3O14. The average Bonchev–Trinajstić information content (AvgIpc) is 3.20. The van der Waals surface area contributed by atoms with Gasteiger partial charge in [-0.15, -0.1) is 0 Å². The van der Waals surface area contributed by atoms with Gasteiger partial charge in [0.1, 0.15) is 43.2 Å². The normalized spacial score (nSPS) is 26.9. The summed E-state index contributed by atoms with van der Waals surface area (Å²) < 4.78 is 59.7. The summed E-state index contributed by atoms with van der Waals surface area (Å²) >= 11 is 0. The molecule has 2 heterocycles. The lowest BCUT2D eigenvalue weighted by molar-refractivity contribution is -0.345. The maximum Gasteiger partial charge on any atom is 0.338 e. The second-order valence-corrected chi connectivity index (χ2v) is 13.1. The molecule has 0 spiro atoms. The first-order valence-electron chi connectivity index (χ1n) is 18.1. The van der Waals surface area contributed by atoms with Crippen molar-refractivity contribution in [1.29, 1.82) is 0 Å². The number of rotatable bonds is 17. The van der Waals surface area contributed by atoms with Crippen LogP contribution in [0.15, 0.2) is 96.1 Å². The van der Waals surface area contributed by atoms with E-state index in [0.29, 0.717) is 5.56 Å². The van der Waals surface area contributed by atoms with E-state index in [0.717, 1.165) is 32.1 Å². The van der Waals surface area contributed by atoms with E-state index < -0.39 is 85.2 Å². The summed E-state index contributed by atoms with van der Waals surface area (Å²) in [5.41, 5.74) is 12.2. The highest BCUT2D eigenvalue weighted by Gasteiger charge is 2.57. The number of benzene rings is 3. The Kier molecular flexibility index (Phi) is 15.9. The number of carbonyl (C=O) groups excluding carboxylic acids is 4. The van der Waals surface area contributed by atoms with Crippen molar-refractivity contribution in [3.63, 3.8) is 0 Å². The van der Waals surface area contributed by atoms with Crippen LogP contribution in [-0.4, -0.2) is 98.9 Å². The molecule has 0 aromatic heterocycles. The molecule has 10 atom stereocenters. The lowest BCUT2D eigenvalue weighted by Crippen LogP contribution is -2.66. The SMILES string of the molecule is COC(=O)[C@H]1O[C@H](OC(C)=O)[C@H](OC(C)=O)[C@@H](OCc2ccccc2)[C@@H]1O[C@H]1O[C@H](COC(C)=O)[C@@H](OCc2ccccc2)[C@H](OCc2ccccc2)[C@H]1N=[N+]=[N-]. The Morgan fingerprint density at radius 3 is 1.61 bits per heavy atom. The molecule has 0 radical (unpaired) electrons. The van der Waals surface area contributed by atoms with Crippen LogP contribution < -0.4 is 0 Å². The third-order valence-corrected chi connectivity index (χ3v) is 8.91. The largest absolute Gasteiger partial charge is 0.467 e. The molecule has 3 aromatic rings. The maximum absolute atomic E-state index is 13.5. The fourth-order valence-electron chi connectivity index (χ4n) is 6.40. The van der Waals surface area contributed by atoms with Crippen molar-refractivity contribution in [3.8, 4) is 0 Å². The Hall–Kier alpha value is -5.39. The Morgan fingerprint density at radius 1 is 0.632 bits per heavy atom. The minimum Gasteiger partial charge on any atom is -0.467 e. The molecule has 57 heavy (non-hydrogen) atoms. The summed E-state index contributed by atoms with van der Waals surface area (Å²) in [7, 11) is 1.11. The molecule has 2 fully saturated rings. The number of nitrogens with zero attached hydrogens (tertiary/aromatic N) is 3. The third-order valence-electron chi connectivity index (χ3n) is 8.91. The highest BCUT2D eigenvalue weighted by atomic mass is 16.8. The molecule has 5 rings (SSSR count). The van der Waals surface area contributed by atoms with Crippen LogP contribution >= 0.6 is 0 Å². The summed E-state index contributed by atoms with van der Waals surface area (Å²) in [6.07, 6.45) is -12.6. The van der Waals surface area contributed by atoms with E-state index in [2.05, 4.69) is 10.0 Å². The van der Waals surface area contributed by atoms with E-state index in [1.807, 2.05) is 66.7 Å². The van der Waals surface area contributed by atoms with E-state index in [1.165, 1.54) is 6.92 Å². The van der Waals surface area contributed by atoms with Gasteiger partial charge < -0.3 is 47.4 Å². The second-order valence-electron chi connectivity index (χ2n) is 13.1. The molecule has 2 aliphatic rings. The Balaban J connectivity index is 1.58. The standard InChI is InChI=1S/C40H45N3O14/c1-24(44)49-23-30-32(50-20-27-14-8-5-9-15-27)33(51-21-28-16-10-6-11-17-28)31(42-43-41)39(55-30)56-35-34(52-22-29-18-12-7-13-19-29)37(53-25(2)45)40(54-26(3)46)57-36(35)38(47)48-4/h5-19,30-37,39-40H,20-23H2,1-4H3/t30-,31-,32-,33-,34+,35+,36+,37-,39-,40+/m1/s1.